The Morgan fingerprint density at radius 2 is 1.26 bits per heavy atom. The molecule has 8 heteroatoms. The molecule has 4 heterocycles. The lowest BCUT2D eigenvalue weighted by Crippen LogP contribution is -2.19. The molecule has 0 saturated heterocycles. The summed E-state index contributed by atoms with van der Waals surface area (Å²) in [4.78, 5) is 23.2. The van der Waals surface area contributed by atoms with Gasteiger partial charge in [0.05, 0.1) is 17.1 Å². The molecular formula is C42H40N2O2S4. The van der Waals surface area contributed by atoms with Crippen molar-refractivity contribution in [2.24, 2.45) is 0 Å². The molecule has 0 unspecified atom stereocenters. The second-order valence-electron chi connectivity index (χ2n) is 12.9. The molecule has 0 atom stereocenters. The van der Waals surface area contributed by atoms with E-state index in [4.69, 9.17) is 0 Å². The van der Waals surface area contributed by atoms with Gasteiger partial charge in [0.2, 0.25) is 0 Å². The largest absolute Gasteiger partial charge is 0.477 e. The molecule has 50 heavy (non-hydrogen) atoms. The smallest absolute Gasteiger partial charge is 0.346 e. The number of benzene rings is 3. The van der Waals surface area contributed by atoms with Gasteiger partial charge in [0.25, 0.3) is 0 Å². The van der Waals surface area contributed by atoms with Gasteiger partial charge in [-0.2, -0.15) is 5.26 Å². The molecule has 254 valence electrons. The number of nitrogens with zero attached hydrogens (tertiary/aromatic N) is 2. The lowest BCUT2D eigenvalue weighted by Gasteiger charge is -2.39. The van der Waals surface area contributed by atoms with Crippen molar-refractivity contribution in [2.45, 2.75) is 97.6 Å². The topological polar surface area (TPSA) is 64.3 Å². The van der Waals surface area contributed by atoms with Crippen molar-refractivity contribution in [3.8, 4) is 26.3 Å². The quantitative estimate of drug-likeness (QED) is 0.0682. The fraction of sp³-hybridized carbons (Fsp3) is 0.286. The van der Waals surface area contributed by atoms with E-state index in [0.29, 0.717) is 0 Å². The first-order valence-electron chi connectivity index (χ1n) is 17.6. The number of aliphatic carboxylic acids is 1. The van der Waals surface area contributed by atoms with Crippen molar-refractivity contribution in [3.63, 3.8) is 0 Å². The third-order valence-electron chi connectivity index (χ3n) is 9.27. The van der Waals surface area contributed by atoms with Gasteiger partial charge >= 0.3 is 5.97 Å². The van der Waals surface area contributed by atoms with Crippen molar-refractivity contribution in [1.82, 2.24) is 0 Å². The van der Waals surface area contributed by atoms with Crippen LogP contribution < -0.4 is 4.90 Å². The molecule has 0 fully saturated rings. The van der Waals surface area contributed by atoms with Crippen LogP contribution >= 0.6 is 46.2 Å². The van der Waals surface area contributed by atoms with Gasteiger partial charge in [-0.25, -0.2) is 4.79 Å². The maximum atomic E-state index is 11.4. The second-order valence-corrected chi connectivity index (χ2v) is 17.3. The van der Waals surface area contributed by atoms with E-state index >= 15 is 0 Å². The predicted molar refractivity (Wildman–Crippen MR) is 213 cm³/mol. The average molecular weight is 733 g/mol. The summed E-state index contributed by atoms with van der Waals surface area (Å²) >= 11 is 7.05. The summed E-state index contributed by atoms with van der Waals surface area (Å²) in [6.07, 6.45) is 13.8. The Balaban J connectivity index is 1.24. The van der Waals surface area contributed by atoms with Crippen LogP contribution in [0.25, 0.3) is 26.3 Å². The van der Waals surface area contributed by atoms with Crippen LogP contribution in [0.4, 0.5) is 17.1 Å². The molecule has 0 radical (unpaired) electrons. The molecule has 4 nitrogen and oxygen atoms in total. The number of rotatable bonds is 14. The third kappa shape index (κ3) is 7.34. The highest BCUT2D eigenvalue weighted by Crippen LogP contribution is 2.61. The van der Waals surface area contributed by atoms with E-state index in [1.165, 1.54) is 127 Å². The first kappa shape index (κ1) is 34.7. The molecule has 3 aromatic carbocycles. The summed E-state index contributed by atoms with van der Waals surface area (Å²) in [5, 5.41) is 18.5. The summed E-state index contributed by atoms with van der Waals surface area (Å²) in [5.41, 5.74) is 7.62. The Hall–Kier alpha value is -3.74. The van der Waals surface area contributed by atoms with Crippen LogP contribution in [0.2, 0.25) is 0 Å². The first-order valence-corrected chi connectivity index (χ1v) is 20.9. The number of thiophene rings is 2. The first-order chi connectivity index (χ1) is 24.4. The number of unbranched alkanes of at least 4 members (excludes halogenated alkanes) is 6. The summed E-state index contributed by atoms with van der Waals surface area (Å²) in [5.74, 6) is -1.21. The maximum absolute atomic E-state index is 11.4. The Labute approximate surface area is 311 Å². The van der Waals surface area contributed by atoms with E-state index in [2.05, 4.69) is 79.4 Å². The molecule has 0 amide bonds. The molecule has 1 N–H and O–H groups in total. The van der Waals surface area contributed by atoms with Crippen LogP contribution in [-0.4, -0.2) is 11.1 Å². The Bertz CT molecular complexity index is 2030. The molecule has 0 spiro atoms. The van der Waals surface area contributed by atoms with Crippen molar-refractivity contribution in [1.29, 1.82) is 5.26 Å². The third-order valence-corrected chi connectivity index (χ3v) is 13.8. The Morgan fingerprint density at radius 3 is 1.82 bits per heavy atom. The highest BCUT2D eigenvalue weighted by molar-refractivity contribution is 8.00. The highest BCUT2D eigenvalue weighted by Gasteiger charge is 2.33. The number of fused-ring (bicyclic) bond motifs is 4. The monoisotopic (exact) mass is 732 g/mol. The molecule has 2 aromatic heterocycles. The Kier molecular flexibility index (Phi) is 10.9. The van der Waals surface area contributed by atoms with Gasteiger partial charge in [0.15, 0.2) is 0 Å². The number of nitriles is 1. The van der Waals surface area contributed by atoms with Gasteiger partial charge in [-0.05, 0) is 109 Å². The van der Waals surface area contributed by atoms with E-state index in [1.807, 2.05) is 35.7 Å². The number of hydrogen-bond donors (Lipinski definition) is 1. The zero-order valence-corrected chi connectivity index (χ0v) is 31.7. The van der Waals surface area contributed by atoms with Gasteiger partial charge in [0, 0.05) is 39.1 Å². The predicted octanol–water partition coefficient (Wildman–Crippen LogP) is 13.8. The zero-order valence-electron chi connectivity index (χ0n) is 28.5. The molecule has 0 saturated carbocycles. The summed E-state index contributed by atoms with van der Waals surface area (Å²) < 4.78 is 0. The number of carboxylic acids is 1. The number of aryl methyl sites for hydroxylation is 2. The van der Waals surface area contributed by atoms with Crippen molar-refractivity contribution >= 4 is 75.3 Å². The van der Waals surface area contributed by atoms with E-state index in [0.717, 1.165) is 27.5 Å². The SMILES string of the molecule is CCCCCCc1ccc2c(c1)Sc1cc(-c3ccc(-c4ccc(/C=C(/C#N)C(=O)O)s4)s3)cc3c1N2c1ccc(CCCCCC)cc1S3. The lowest BCUT2D eigenvalue weighted by atomic mass is 10.0. The van der Waals surface area contributed by atoms with Crippen molar-refractivity contribution < 1.29 is 9.90 Å². The van der Waals surface area contributed by atoms with Crippen LogP contribution in [0, 0.1) is 11.3 Å². The molecule has 0 aliphatic carbocycles. The normalized spacial score (nSPS) is 13.1. The number of anilines is 3. The maximum Gasteiger partial charge on any atom is 0.346 e. The number of carbonyl (C=O) groups is 1. The van der Waals surface area contributed by atoms with Crippen LogP contribution in [0.1, 0.15) is 81.2 Å². The minimum atomic E-state index is -1.21. The molecular weight excluding hydrogens is 693 g/mol. The molecule has 2 aliphatic rings. The second kappa shape index (κ2) is 15.7. The van der Waals surface area contributed by atoms with E-state index in [-0.39, 0.29) is 5.57 Å². The average Bonchev–Trinajstić information content (AvgIpc) is 3.81. The molecule has 5 aromatic rings. The van der Waals surface area contributed by atoms with E-state index in [1.54, 1.807) is 17.4 Å². The van der Waals surface area contributed by atoms with Crippen LogP contribution in [0.15, 0.2) is 98.0 Å². The number of carboxylic acid groups (broad SMARTS) is 1. The molecule has 2 aliphatic heterocycles. The fourth-order valence-electron chi connectivity index (χ4n) is 6.65. The highest BCUT2D eigenvalue weighted by atomic mass is 32.2. The van der Waals surface area contributed by atoms with E-state index < -0.39 is 5.97 Å². The standard InChI is InChI=1S/C42H40N2O2S4/c1-3-5-7-9-11-27-13-16-32-37(21-27)49-39-24-29(34-19-20-36(48-34)35-18-15-31(47-35)23-30(26-43)42(45)46)25-40-41(39)44(32)33-17-14-28(22-38(33)50-40)12-10-8-6-4-2/h13-25H,3-12H2,1-2H3,(H,45,46)/b30-23-. The van der Waals surface area contributed by atoms with Crippen molar-refractivity contribution in [3.05, 3.63) is 94.4 Å². The van der Waals surface area contributed by atoms with Crippen molar-refractivity contribution in [2.75, 3.05) is 4.90 Å². The van der Waals surface area contributed by atoms with Gasteiger partial charge in [-0.1, -0.05) is 88.0 Å². The fourth-order valence-corrected chi connectivity index (χ4v) is 11.1. The van der Waals surface area contributed by atoms with Gasteiger partial charge in [-0.3, -0.25) is 0 Å². The summed E-state index contributed by atoms with van der Waals surface area (Å²) in [7, 11) is 0. The summed E-state index contributed by atoms with van der Waals surface area (Å²) in [6.45, 7) is 4.53. The Morgan fingerprint density at radius 1 is 0.700 bits per heavy atom. The van der Waals surface area contributed by atoms with E-state index in [9.17, 15) is 15.2 Å². The lowest BCUT2D eigenvalue weighted by molar-refractivity contribution is -0.132. The minimum absolute atomic E-state index is 0.257. The van der Waals surface area contributed by atoms with Gasteiger partial charge in [-0.15, -0.1) is 22.7 Å². The van der Waals surface area contributed by atoms with Crippen LogP contribution in [-0.2, 0) is 17.6 Å². The van der Waals surface area contributed by atoms with Crippen LogP contribution in [0.5, 0.6) is 0 Å². The van der Waals surface area contributed by atoms with Gasteiger partial charge < -0.3 is 10.0 Å². The minimum Gasteiger partial charge on any atom is -0.477 e. The van der Waals surface area contributed by atoms with Gasteiger partial charge in [0.1, 0.15) is 11.6 Å². The van der Waals surface area contributed by atoms with Crippen LogP contribution in [0.3, 0.4) is 0 Å². The summed E-state index contributed by atoms with van der Waals surface area (Å²) in [6, 6.07) is 29.0. The molecule has 7 rings (SSSR count). The molecule has 0 bridgehead atoms. The zero-order chi connectivity index (χ0) is 34.6. The number of hydrogen-bond acceptors (Lipinski definition) is 7.